The Morgan fingerprint density at radius 1 is 1.21 bits per heavy atom. The second-order valence-electron chi connectivity index (χ2n) is 5.29. The Kier molecular flexibility index (Phi) is 7.46. The zero-order valence-corrected chi connectivity index (χ0v) is 14.5. The smallest absolute Gasteiger partial charge is 0.410 e. The Bertz CT molecular complexity index is 320. The molecule has 19 heavy (non-hydrogen) atoms. The summed E-state index contributed by atoms with van der Waals surface area (Å²) in [6, 6.07) is 0. The number of amides is 1. The molecule has 0 saturated carbocycles. The van der Waals surface area contributed by atoms with Crippen LogP contribution in [0.15, 0.2) is 4.99 Å². The molecule has 1 heterocycles. The molecule has 112 valence electrons. The molecule has 1 aliphatic rings. The summed E-state index contributed by atoms with van der Waals surface area (Å²) in [6.07, 6.45) is -0.256. The van der Waals surface area contributed by atoms with E-state index in [4.69, 9.17) is 10.5 Å². The van der Waals surface area contributed by atoms with Gasteiger partial charge in [-0.3, -0.25) is 4.99 Å². The molecular formula is C12H25IN4O2. The van der Waals surface area contributed by atoms with Gasteiger partial charge in [0.15, 0.2) is 5.96 Å². The molecule has 0 bridgehead atoms. The van der Waals surface area contributed by atoms with E-state index < -0.39 is 5.60 Å². The lowest BCUT2D eigenvalue weighted by Gasteiger charge is -2.36. The second kappa shape index (κ2) is 7.76. The minimum Gasteiger partial charge on any atom is -0.444 e. The zero-order valence-electron chi connectivity index (χ0n) is 12.2. The van der Waals surface area contributed by atoms with Crippen LogP contribution in [0.5, 0.6) is 0 Å². The van der Waals surface area contributed by atoms with Crippen molar-refractivity contribution < 1.29 is 9.53 Å². The minimum absolute atomic E-state index is 0. The normalized spacial score (nSPS) is 16.9. The van der Waals surface area contributed by atoms with Gasteiger partial charge in [-0.05, 0) is 27.7 Å². The first kappa shape index (κ1) is 18.3. The number of rotatable bonds is 1. The number of halogens is 1. The molecule has 0 spiro atoms. The molecule has 1 amide bonds. The number of nitrogens with zero attached hydrogens (tertiary/aromatic N) is 3. The third-order valence-electron chi connectivity index (χ3n) is 2.58. The molecule has 0 aromatic heterocycles. The SMILES string of the molecule is CCN=C(N)N1CCN(C(=O)OC(C)(C)C)CC1.I. The molecule has 7 heteroatoms. The van der Waals surface area contributed by atoms with Gasteiger partial charge in [0.25, 0.3) is 0 Å². The van der Waals surface area contributed by atoms with E-state index in [1.54, 1.807) is 4.90 Å². The van der Waals surface area contributed by atoms with Crippen molar-refractivity contribution in [3.05, 3.63) is 0 Å². The van der Waals surface area contributed by atoms with Gasteiger partial charge in [-0.15, -0.1) is 24.0 Å². The molecule has 0 unspecified atom stereocenters. The van der Waals surface area contributed by atoms with Gasteiger partial charge in [-0.1, -0.05) is 0 Å². The molecule has 6 nitrogen and oxygen atoms in total. The lowest BCUT2D eigenvalue weighted by molar-refractivity contribution is 0.0186. The third kappa shape index (κ3) is 6.31. The van der Waals surface area contributed by atoms with Crippen LogP contribution in [-0.2, 0) is 4.74 Å². The molecule has 1 fully saturated rings. The number of piperazine rings is 1. The average molecular weight is 384 g/mol. The van der Waals surface area contributed by atoms with Gasteiger partial charge in [0, 0.05) is 32.7 Å². The fourth-order valence-electron chi connectivity index (χ4n) is 1.71. The minimum atomic E-state index is -0.448. The van der Waals surface area contributed by atoms with Crippen molar-refractivity contribution in [2.45, 2.75) is 33.3 Å². The quantitative estimate of drug-likeness (QED) is 0.423. The fourth-order valence-corrected chi connectivity index (χ4v) is 1.71. The number of carbonyl (C=O) groups excluding carboxylic acids is 1. The standard InChI is InChI=1S/C12H24N4O2.HI/c1-5-14-10(13)15-6-8-16(9-7-15)11(17)18-12(2,3)4;/h5-9H2,1-4H3,(H2,13,14);1H. The van der Waals surface area contributed by atoms with Crippen LogP contribution < -0.4 is 5.73 Å². The molecule has 0 aromatic rings. The van der Waals surface area contributed by atoms with E-state index in [0.717, 1.165) is 0 Å². The Balaban J connectivity index is 0.00000324. The van der Waals surface area contributed by atoms with Gasteiger partial charge in [0.1, 0.15) is 5.60 Å². The summed E-state index contributed by atoms with van der Waals surface area (Å²) in [4.78, 5) is 19.7. The summed E-state index contributed by atoms with van der Waals surface area (Å²) in [6.45, 7) is 10.9. The van der Waals surface area contributed by atoms with Crippen molar-refractivity contribution in [3.8, 4) is 0 Å². The van der Waals surface area contributed by atoms with E-state index in [9.17, 15) is 4.79 Å². The topological polar surface area (TPSA) is 71.2 Å². The highest BCUT2D eigenvalue weighted by atomic mass is 127. The van der Waals surface area contributed by atoms with E-state index in [1.165, 1.54) is 0 Å². The Morgan fingerprint density at radius 3 is 2.11 bits per heavy atom. The molecule has 1 rings (SSSR count). The third-order valence-corrected chi connectivity index (χ3v) is 2.58. The van der Waals surface area contributed by atoms with Crippen LogP contribution in [0, 0.1) is 0 Å². The van der Waals surface area contributed by atoms with Crippen LogP contribution in [0.2, 0.25) is 0 Å². The van der Waals surface area contributed by atoms with Gasteiger partial charge in [-0.25, -0.2) is 4.79 Å². The van der Waals surface area contributed by atoms with Gasteiger partial charge in [-0.2, -0.15) is 0 Å². The fraction of sp³-hybridized carbons (Fsp3) is 0.833. The Hall–Kier alpha value is -0.730. The molecule has 1 aliphatic heterocycles. The van der Waals surface area contributed by atoms with Gasteiger partial charge < -0.3 is 20.3 Å². The number of carbonyl (C=O) groups is 1. The van der Waals surface area contributed by atoms with Crippen molar-refractivity contribution in [2.75, 3.05) is 32.7 Å². The average Bonchev–Trinajstić information content (AvgIpc) is 2.27. The van der Waals surface area contributed by atoms with E-state index in [-0.39, 0.29) is 30.1 Å². The summed E-state index contributed by atoms with van der Waals surface area (Å²) in [5, 5.41) is 0. The molecular weight excluding hydrogens is 359 g/mol. The van der Waals surface area contributed by atoms with E-state index in [0.29, 0.717) is 38.7 Å². The Morgan fingerprint density at radius 2 is 1.68 bits per heavy atom. The lowest BCUT2D eigenvalue weighted by Crippen LogP contribution is -2.53. The largest absolute Gasteiger partial charge is 0.444 e. The predicted molar refractivity (Wildman–Crippen MR) is 87.0 cm³/mol. The predicted octanol–water partition coefficient (Wildman–Crippen LogP) is 1.49. The number of nitrogens with two attached hydrogens (primary N) is 1. The van der Waals surface area contributed by atoms with Crippen LogP contribution in [0.1, 0.15) is 27.7 Å². The number of ether oxygens (including phenoxy) is 1. The number of hydrogen-bond acceptors (Lipinski definition) is 3. The zero-order chi connectivity index (χ0) is 13.8. The molecule has 0 aliphatic carbocycles. The maximum absolute atomic E-state index is 11.8. The van der Waals surface area contributed by atoms with Crippen LogP contribution in [-0.4, -0.2) is 60.2 Å². The molecule has 0 aromatic carbocycles. The number of aliphatic imine (C=N–C) groups is 1. The summed E-state index contributed by atoms with van der Waals surface area (Å²) < 4.78 is 5.33. The maximum Gasteiger partial charge on any atom is 0.410 e. The molecule has 0 radical (unpaired) electrons. The summed E-state index contributed by atoms with van der Waals surface area (Å²) in [5.74, 6) is 0.557. The first-order valence-electron chi connectivity index (χ1n) is 6.36. The van der Waals surface area contributed by atoms with Crippen LogP contribution in [0.25, 0.3) is 0 Å². The summed E-state index contributed by atoms with van der Waals surface area (Å²) >= 11 is 0. The van der Waals surface area contributed by atoms with Gasteiger partial charge >= 0.3 is 6.09 Å². The number of hydrogen-bond donors (Lipinski definition) is 1. The maximum atomic E-state index is 11.8. The van der Waals surface area contributed by atoms with E-state index in [1.807, 2.05) is 32.6 Å². The van der Waals surface area contributed by atoms with E-state index >= 15 is 0 Å². The highest BCUT2D eigenvalue weighted by Crippen LogP contribution is 2.11. The highest BCUT2D eigenvalue weighted by molar-refractivity contribution is 14.0. The monoisotopic (exact) mass is 384 g/mol. The van der Waals surface area contributed by atoms with Crippen molar-refractivity contribution in [2.24, 2.45) is 10.7 Å². The highest BCUT2D eigenvalue weighted by Gasteiger charge is 2.26. The van der Waals surface area contributed by atoms with Crippen molar-refractivity contribution in [1.29, 1.82) is 0 Å². The summed E-state index contributed by atoms with van der Waals surface area (Å²) in [7, 11) is 0. The molecule has 0 atom stereocenters. The van der Waals surface area contributed by atoms with Crippen molar-refractivity contribution >= 4 is 36.0 Å². The lowest BCUT2D eigenvalue weighted by atomic mass is 10.2. The Labute approximate surface area is 132 Å². The summed E-state index contributed by atoms with van der Waals surface area (Å²) in [5.41, 5.74) is 5.38. The molecule has 1 saturated heterocycles. The second-order valence-corrected chi connectivity index (χ2v) is 5.29. The first-order valence-corrected chi connectivity index (χ1v) is 6.36. The number of guanidine groups is 1. The first-order chi connectivity index (χ1) is 8.33. The van der Waals surface area contributed by atoms with Crippen molar-refractivity contribution in [3.63, 3.8) is 0 Å². The van der Waals surface area contributed by atoms with E-state index in [2.05, 4.69) is 4.99 Å². The van der Waals surface area contributed by atoms with Crippen molar-refractivity contribution in [1.82, 2.24) is 9.80 Å². The van der Waals surface area contributed by atoms with Gasteiger partial charge in [0.05, 0.1) is 0 Å². The van der Waals surface area contributed by atoms with Crippen LogP contribution >= 0.6 is 24.0 Å². The van der Waals surface area contributed by atoms with Crippen LogP contribution in [0.4, 0.5) is 4.79 Å². The van der Waals surface area contributed by atoms with Gasteiger partial charge in [0.2, 0.25) is 0 Å². The van der Waals surface area contributed by atoms with Crippen LogP contribution in [0.3, 0.4) is 0 Å². The molecule has 2 N–H and O–H groups in total.